The zero-order valence-corrected chi connectivity index (χ0v) is 27.5. The van der Waals surface area contributed by atoms with Crippen LogP contribution in [-0.2, 0) is 0 Å². The van der Waals surface area contributed by atoms with E-state index in [0.29, 0.717) is 0 Å². The largest absolute Gasteiger partial charge is 0.455 e. The van der Waals surface area contributed by atoms with E-state index >= 15 is 0 Å². The second-order valence-corrected chi connectivity index (χ2v) is 13.5. The second kappa shape index (κ2) is 9.25. The summed E-state index contributed by atoms with van der Waals surface area (Å²) < 4.78 is 13.3. The van der Waals surface area contributed by atoms with E-state index in [9.17, 15) is 0 Å². The Labute approximate surface area is 288 Å². The summed E-state index contributed by atoms with van der Waals surface area (Å²) in [5, 5.41) is 9.61. The maximum absolute atomic E-state index is 6.67. The molecule has 0 radical (unpaired) electrons. The van der Waals surface area contributed by atoms with Gasteiger partial charge in [0.15, 0.2) is 0 Å². The highest BCUT2D eigenvalue weighted by Crippen LogP contribution is 2.50. The molecule has 0 aliphatic carbocycles. The van der Waals surface area contributed by atoms with Crippen molar-refractivity contribution in [1.29, 1.82) is 0 Å². The Kier molecular flexibility index (Phi) is 4.93. The van der Waals surface area contributed by atoms with Gasteiger partial charge >= 0.3 is 0 Å². The Bertz CT molecular complexity index is 2940. The van der Waals surface area contributed by atoms with Crippen LogP contribution in [0, 0.1) is 0 Å². The predicted octanol–water partition coefficient (Wildman–Crippen LogP) is 11.1. The van der Waals surface area contributed by atoms with E-state index in [1.54, 1.807) is 0 Å². The molecule has 0 spiro atoms. The molecule has 5 heterocycles. The number of hydrogen-bond acceptors (Lipinski definition) is 3. The summed E-state index contributed by atoms with van der Waals surface area (Å²) in [7, 11) is 0. The van der Waals surface area contributed by atoms with Gasteiger partial charge in [0.1, 0.15) is 22.3 Å². The zero-order chi connectivity index (χ0) is 32.8. The van der Waals surface area contributed by atoms with Gasteiger partial charge in [-0.2, -0.15) is 0 Å². The van der Waals surface area contributed by atoms with Crippen LogP contribution >= 0.6 is 0 Å². The highest BCUT2D eigenvalue weighted by molar-refractivity contribution is 7.04. The molecular weight excluding hydrogens is 609 g/mol. The van der Waals surface area contributed by atoms with Crippen molar-refractivity contribution in [2.24, 2.45) is 0 Å². The van der Waals surface area contributed by atoms with Gasteiger partial charge in [0, 0.05) is 49.4 Å². The van der Waals surface area contributed by atoms with Gasteiger partial charge in [-0.25, -0.2) is 0 Å². The van der Waals surface area contributed by atoms with Crippen molar-refractivity contribution in [2.75, 3.05) is 4.90 Å². The van der Waals surface area contributed by atoms with E-state index < -0.39 is 0 Å². The van der Waals surface area contributed by atoms with Gasteiger partial charge in [-0.15, -0.1) is 0 Å². The highest BCUT2D eigenvalue weighted by Gasteiger charge is 2.46. The normalized spacial score (nSPS) is 13.3. The first-order valence-corrected chi connectivity index (χ1v) is 17.6. The number of hydrogen-bond donors (Lipinski definition) is 0. The summed E-state index contributed by atoms with van der Waals surface area (Å²) in [6.07, 6.45) is 0. The zero-order valence-electron chi connectivity index (χ0n) is 27.5. The van der Waals surface area contributed by atoms with Crippen LogP contribution in [0.1, 0.15) is 13.8 Å². The van der Waals surface area contributed by atoms with Gasteiger partial charge in [0.2, 0.25) is 6.71 Å². The molecule has 10 aromatic rings. The molecule has 50 heavy (non-hydrogen) atoms. The molecule has 0 N–H and O–H groups in total. The van der Waals surface area contributed by atoms with Crippen molar-refractivity contribution in [3.63, 3.8) is 0 Å². The molecular formula is C46H28BNO2. The maximum atomic E-state index is 6.67. The standard InChI is InChI=1S/C44H22BNO2.C2H6/c1-2-9-23(10-3-1)46-34-19-17-28-38-30(21-32-24-11-4-6-15-36(24)47-43(28)32)26-13-8-14-27-31-22-33-25-12-5-7-16-37(25)48-44(33)29-18-20-35(46)42(39(29)31)45(40(26)27)41(34)38;1-2/h1-22H;1-2H3. The Hall–Kier alpha value is -6.26. The molecule has 232 valence electrons. The third-order valence-corrected chi connectivity index (χ3v) is 11.4. The van der Waals surface area contributed by atoms with Crippen LogP contribution < -0.4 is 21.3 Å². The number of nitrogens with zero attached hydrogens (tertiary/aromatic N) is 1. The van der Waals surface area contributed by atoms with Crippen molar-refractivity contribution >= 4 is 106 Å². The summed E-state index contributed by atoms with van der Waals surface area (Å²) in [5.41, 5.74) is 16.8. The van der Waals surface area contributed by atoms with Gasteiger partial charge < -0.3 is 13.7 Å². The minimum absolute atomic E-state index is 0.0808. The first-order valence-electron chi connectivity index (χ1n) is 17.6. The number of furan rings is 2. The molecule has 0 saturated heterocycles. The molecule has 0 unspecified atom stereocenters. The lowest BCUT2D eigenvalue weighted by Gasteiger charge is -2.43. The van der Waals surface area contributed by atoms with E-state index in [1.165, 1.54) is 82.3 Å². The molecule has 3 aliphatic heterocycles. The third kappa shape index (κ3) is 3.01. The topological polar surface area (TPSA) is 29.5 Å². The lowest BCUT2D eigenvalue weighted by molar-refractivity contribution is 0.672. The van der Waals surface area contributed by atoms with Crippen molar-refractivity contribution in [3.8, 4) is 22.3 Å². The summed E-state index contributed by atoms with van der Waals surface area (Å²) >= 11 is 0. The summed E-state index contributed by atoms with van der Waals surface area (Å²) in [4.78, 5) is 2.48. The van der Waals surface area contributed by atoms with Gasteiger partial charge in [-0.05, 0) is 105 Å². The van der Waals surface area contributed by atoms with Crippen LogP contribution in [0.15, 0.2) is 142 Å². The summed E-state index contributed by atoms with van der Waals surface area (Å²) in [5.74, 6) is 0. The van der Waals surface area contributed by atoms with Crippen LogP contribution in [0.2, 0.25) is 0 Å². The molecule has 4 heteroatoms. The number of fused-ring (bicyclic) bond motifs is 10. The Morgan fingerprint density at radius 1 is 0.420 bits per heavy atom. The predicted molar refractivity (Wildman–Crippen MR) is 211 cm³/mol. The molecule has 3 nitrogen and oxygen atoms in total. The van der Waals surface area contributed by atoms with Gasteiger partial charge in [-0.3, -0.25) is 0 Å². The molecule has 2 aromatic heterocycles. The van der Waals surface area contributed by atoms with E-state index in [1.807, 2.05) is 13.8 Å². The van der Waals surface area contributed by atoms with E-state index in [-0.39, 0.29) is 6.71 Å². The number of para-hydroxylation sites is 3. The number of rotatable bonds is 1. The first-order chi connectivity index (χ1) is 24.8. The van der Waals surface area contributed by atoms with Crippen molar-refractivity contribution in [1.82, 2.24) is 0 Å². The fourth-order valence-corrected chi connectivity index (χ4v) is 9.59. The number of benzene rings is 8. The van der Waals surface area contributed by atoms with Crippen molar-refractivity contribution in [2.45, 2.75) is 13.8 Å². The molecule has 13 rings (SSSR count). The fraction of sp³-hybridized carbons (Fsp3) is 0.0435. The maximum Gasteiger partial charge on any atom is 0.249 e. The third-order valence-electron chi connectivity index (χ3n) is 11.4. The summed E-state index contributed by atoms with van der Waals surface area (Å²) in [6, 6.07) is 48.7. The minimum atomic E-state index is 0.0808. The Morgan fingerprint density at radius 3 is 1.46 bits per heavy atom. The highest BCUT2D eigenvalue weighted by atomic mass is 16.3. The fourth-order valence-electron chi connectivity index (χ4n) is 9.59. The second-order valence-electron chi connectivity index (χ2n) is 13.5. The van der Waals surface area contributed by atoms with Crippen LogP contribution in [0.3, 0.4) is 0 Å². The van der Waals surface area contributed by atoms with Gasteiger partial charge in [0.05, 0.1) is 0 Å². The Morgan fingerprint density at radius 2 is 0.920 bits per heavy atom. The minimum Gasteiger partial charge on any atom is -0.455 e. The molecule has 0 amide bonds. The molecule has 8 aromatic carbocycles. The van der Waals surface area contributed by atoms with Crippen LogP contribution in [0.25, 0.3) is 87.7 Å². The average molecular weight is 638 g/mol. The molecule has 3 aliphatic rings. The SMILES string of the molecule is CC.c1ccc(N2c3ccc4c5c(cc6c7ccccc7oc46)-c4cccc6c4B(c35)c3c2ccc2c3c-6cc3c4ccccc4oc23)cc1. The summed E-state index contributed by atoms with van der Waals surface area (Å²) in [6.45, 7) is 4.08. The average Bonchev–Trinajstić information content (AvgIpc) is 3.75. The quantitative estimate of drug-likeness (QED) is 0.168. The van der Waals surface area contributed by atoms with Crippen LogP contribution in [0.4, 0.5) is 17.1 Å². The molecule has 0 atom stereocenters. The molecule has 0 saturated carbocycles. The monoisotopic (exact) mass is 637 g/mol. The van der Waals surface area contributed by atoms with Crippen molar-refractivity contribution < 1.29 is 8.83 Å². The van der Waals surface area contributed by atoms with E-state index in [4.69, 9.17) is 8.83 Å². The van der Waals surface area contributed by atoms with Crippen molar-refractivity contribution in [3.05, 3.63) is 133 Å². The molecule has 0 bridgehead atoms. The van der Waals surface area contributed by atoms with E-state index in [0.717, 1.165) is 38.8 Å². The lowest BCUT2D eigenvalue weighted by atomic mass is 9.29. The van der Waals surface area contributed by atoms with E-state index in [2.05, 4.69) is 138 Å². The first kappa shape index (κ1) is 26.7. The van der Waals surface area contributed by atoms with Crippen LogP contribution in [0.5, 0.6) is 0 Å². The molecule has 0 fully saturated rings. The number of anilines is 3. The Balaban J connectivity index is 0.00000141. The van der Waals surface area contributed by atoms with Gasteiger partial charge in [0.25, 0.3) is 0 Å². The van der Waals surface area contributed by atoms with Crippen LogP contribution in [-0.4, -0.2) is 6.71 Å². The van der Waals surface area contributed by atoms with Gasteiger partial charge in [-0.1, -0.05) is 92.1 Å². The lowest BCUT2D eigenvalue weighted by Crippen LogP contribution is -2.61. The smallest absolute Gasteiger partial charge is 0.249 e.